The molecule has 2 aromatic rings. The van der Waals surface area contributed by atoms with Gasteiger partial charge in [0.05, 0.1) is 25.5 Å². The van der Waals surface area contributed by atoms with E-state index < -0.39 is 0 Å². The minimum atomic E-state index is -0.224. The van der Waals surface area contributed by atoms with Gasteiger partial charge >= 0.3 is 0 Å². The lowest BCUT2D eigenvalue weighted by Gasteiger charge is -2.12. The Hall–Kier alpha value is -1.53. The van der Waals surface area contributed by atoms with Crippen molar-refractivity contribution in [3.8, 4) is 11.5 Å². The van der Waals surface area contributed by atoms with Crippen molar-refractivity contribution in [3.05, 3.63) is 50.9 Å². The summed E-state index contributed by atoms with van der Waals surface area (Å²) in [7, 11) is 3.12. The molecule has 0 fully saturated rings. The molecule has 4 nitrogen and oxygen atoms in total. The van der Waals surface area contributed by atoms with Gasteiger partial charge in [0, 0.05) is 15.0 Å². The topological polar surface area (TPSA) is 47.6 Å². The first kappa shape index (κ1) is 15.9. The van der Waals surface area contributed by atoms with E-state index in [1.54, 1.807) is 38.5 Å². The molecule has 2 aromatic carbocycles. The summed E-state index contributed by atoms with van der Waals surface area (Å²) in [5, 5.41) is 2.82. The first-order valence-corrected chi connectivity index (χ1v) is 7.62. The largest absolute Gasteiger partial charge is 0.497 e. The van der Waals surface area contributed by atoms with Crippen LogP contribution in [0.4, 0.5) is 5.69 Å². The third-order valence-corrected chi connectivity index (χ3v) is 3.98. The lowest BCUT2D eigenvalue weighted by Crippen LogP contribution is -2.13. The van der Waals surface area contributed by atoms with Crippen molar-refractivity contribution in [3.63, 3.8) is 0 Å². The van der Waals surface area contributed by atoms with Gasteiger partial charge in [0.2, 0.25) is 0 Å². The zero-order valence-electron chi connectivity index (χ0n) is 11.4. The first-order chi connectivity index (χ1) is 10.0. The summed E-state index contributed by atoms with van der Waals surface area (Å²) >= 11 is 6.73. The number of benzene rings is 2. The standard InChI is InChI=1S/C15H13Br2NO3/c1-20-10-4-6-13(14(8-10)21-2)18-15(19)11-5-3-9(16)7-12(11)17/h3-8H,1-2H3,(H,18,19). The lowest BCUT2D eigenvalue weighted by molar-refractivity contribution is 0.102. The molecule has 0 aromatic heterocycles. The van der Waals surface area contributed by atoms with Gasteiger partial charge in [-0.25, -0.2) is 0 Å². The van der Waals surface area contributed by atoms with Crippen LogP contribution in [0.5, 0.6) is 11.5 Å². The predicted molar refractivity (Wildman–Crippen MR) is 89.3 cm³/mol. The van der Waals surface area contributed by atoms with E-state index >= 15 is 0 Å². The zero-order chi connectivity index (χ0) is 15.4. The third kappa shape index (κ3) is 3.77. The molecule has 1 N–H and O–H groups in total. The summed E-state index contributed by atoms with van der Waals surface area (Å²) in [6, 6.07) is 10.6. The van der Waals surface area contributed by atoms with Crippen LogP contribution in [0.15, 0.2) is 45.3 Å². The number of rotatable bonds is 4. The molecular formula is C15H13Br2NO3. The minimum absolute atomic E-state index is 0.224. The van der Waals surface area contributed by atoms with Crippen molar-refractivity contribution in [2.45, 2.75) is 0 Å². The molecule has 0 bridgehead atoms. The molecule has 0 aliphatic carbocycles. The second kappa shape index (κ2) is 6.95. The monoisotopic (exact) mass is 413 g/mol. The minimum Gasteiger partial charge on any atom is -0.497 e. The van der Waals surface area contributed by atoms with Gasteiger partial charge in [-0.3, -0.25) is 4.79 Å². The van der Waals surface area contributed by atoms with Gasteiger partial charge in [-0.1, -0.05) is 15.9 Å². The van der Waals surface area contributed by atoms with Crippen molar-refractivity contribution in [1.29, 1.82) is 0 Å². The first-order valence-electron chi connectivity index (χ1n) is 6.03. The van der Waals surface area contributed by atoms with Crippen LogP contribution in [0, 0.1) is 0 Å². The number of methoxy groups -OCH3 is 2. The molecule has 0 spiro atoms. The summed E-state index contributed by atoms with van der Waals surface area (Å²) < 4.78 is 12.0. The van der Waals surface area contributed by atoms with Crippen LogP contribution >= 0.6 is 31.9 Å². The molecule has 1 amide bonds. The van der Waals surface area contributed by atoms with E-state index in [9.17, 15) is 4.79 Å². The number of anilines is 1. The number of carbonyl (C=O) groups is 1. The Morgan fingerprint density at radius 2 is 1.81 bits per heavy atom. The van der Waals surface area contributed by atoms with E-state index in [2.05, 4.69) is 37.2 Å². The average molecular weight is 415 g/mol. The third-order valence-electron chi connectivity index (χ3n) is 2.83. The van der Waals surface area contributed by atoms with Gasteiger partial charge in [0.1, 0.15) is 11.5 Å². The number of amides is 1. The maximum absolute atomic E-state index is 12.3. The Bertz CT molecular complexity index is 674. The predicted octanol–water partition coefficient (Wildman–Crippen LogP) is 4.48. The van der Waals surface area contributed by atoms with Crippen molar-refractivity contribution in [2.75, 3.05) is 19.5 Å². The van der Waals surface area contributed by atoms with Crippen LogP contribution in [0.3, 0.4) is 0 Å². The van der Waals surface area contributed by atoms with Gasteiger partial charge < -0.3 is 14.8 Å². The summed E-state index contributed by atoms with van der Waals surface area (Å²) in [6.07, 6.45) is 0. The van der Waals surface area contributed by atoms with E-state index in [0.717, 1.165) is 4.47 Å². The van der Waals surface area contributed by atoms with Crippen molar-refractivity contribution in [2.24, 2.45) is 0 Å². The quantitative estimate of drug-likeness (QED) is 0.802. The number of carbonyl (C=O) groups excluding carboxylic acids is 1. The van der Waals surface area contributed by atoms with Crippen LogP contribution in [0.25, 0.3) is 0 Å². The molecule has 0 saturated heterocycles. The highest BCUT2D eigenvalue weighted by Gasteiger charge is 2.13. The molecule has 0 heterocycles. The normalized spacial score (nSPS) is 10.1. The molecule has 0 saturated carbocycles. The molecule has 0 unspecified atom stereocenters. The molecule has 0 aliphatic rings. The van der Waals surface area contributed by atoms with Gasteiger partial charge in [0.15, 0.2) is 0 Å². The van der Waals surface area contributed by atoms with Crippen LogP contribution in [-0.2, 0) is 0 Å². The lowest BCUT2D eigenvalue weighted by atomic mass is 10.2. The van der Waals surface area contributed by atoms with Crippen LogP contribution < -0.4 is 14.8 Å². The van der Waals surface area contributed by atoms with Gasteiger partial charge in [-0.05, 0) is 46.3 Å². The van der Waals surface area contributed by atoms with E-state index in [4.69, 9.17) is 9.47 Å². The number of ether oxygens (including phenoxy) is 2. The van der Waals surface area contributed by atoms with Gasteiger partial charge in [-0.15, -0.1) is 0 Å². The second-order valence-corrected chi connectivity index (χ2v) is 5.91. The Labute approximate surface area is 139 Å². The van der Waals surface area contributed by atoms with E-state index in [-0.39, 0.29) is 5.91 Å². The van der Waals surface area contributed by atoms with Crippen molar-refractivity contribution in [1.82, 2.24) is 0 Å². The Morgan fingerprint density at radius 1 is 1.05 bits per heavy atom. The highest BCUT2D eigenvalue weighted by atomic mass is 79.9. The maximum Gasteiger partial charge on any atom is 0.256 e. The Balaban J connectivity index is 2.27. The fourth-order valence-electron chi connectivity index (χ4n) is 1.77. The van der Waals surface area contributed by atoms with E-state index in [1.165, 1.54) is 0 Å². The maximum atomic E-state index is 12.3. The number of nitrogens with one attached hydrogen (secondary N) is 1. The smallest absolute Gasteiger partial charge is 0.256 e. The van der Waals surface area contributed by atoms with Crippen LogP contribution in [0.1, 0.15) is 10.4 Å². The molecule has 0 radical (unpaired) electrons. The summed E-state index contributed by atoms with van der Waals surface area (Å²) in [4.78, 5) is 12.3. The molecule has 0 aliphatic heterocycles. The van der Waals surface area contributed by atoms with Gasteiger partial charge in [-0.2, -0.15) is 0 Å². The molecule has 21 heavy (non-hydrogen) atoms. The molecule has 0 atom stereocenters. The van der Waals surface area contributed by atoms with Crippen molar-refractivity contribution >= 4 is 43.5 Å². The average Bonchev–Trinajstić information content (AvgIpc) is 2.47. The molecular weight excluding hydrogens is 402 g/mol. The van der Waals surface area contributed by atoms with Gasteiger partial charge in [0.25, 0.3) is 5.91 Å². The number of hydrogen-bond donors (Lipinski definition) is 1. The highest BCUT2D eigenvalue weighted by Crippen LogP contribution is 2.30. The van der Waals surface area contributed by atoms with Crippen molar-refractivity contribution < 1.29 is 14.3 Å². The zero-order valence-corrected chi connectivity index (χ0v) is 14.6. The van der Waals surface area contributed by atoms with Crippen LogP contribution in [0.2, 0.25) is 0 Å². The van der Waals surface area contributed by atoms with E-state index in [1.807, 2.05) is 12.1 Å². The fraction of sp³-hybridized carbons (Fsp3) is 0.133. The number of hydrogen-bond acceptors (Lipinski definition) is 3. The Morgan fingerprint density at radius 3 is 2.43 bits per heavy atom. The molecule has 110 valence electrons. The number of halogens is 2. The summed E-state index contributed by atoms with van der Waals surface area (Å²) in [6.45, 7) is 0. The summed E-state index contributed by atoms with van der Waals surface area (Å²) in [5.41, 5.74) is 1.12. The fourth-order valence-corrected chi connectivity index (χ4v) is 2.99. The summed E-state index contributed by atoms with van der Waals surface area (Å²) in [5.74, 6) is 0.975. The second-order valence-electron chi connectivity index (χ2n) is 4.14. The Kier molecular flexibility index (Phi) is 5.25. The molecule has 6 heteroatoms. The van der Waals surface area contributed by atoms with Crippen LogP contribution in [-0.4, -0.2) is 20.1 Å². The highest BCUT2D eigenvalue weighted by molar-refractivity contribution is 9.11. The van der Waals surface area contributed by atoms with E-state index in [0.29, 0.717) is 27.2 Å². The SMILES string of the molecule is COc1ccc(NC(=O)c2ccc(Br)cc2Br)c(OC)c1. The molecule has 2 rings (SSSR count).